The first-order valence-electron chi connectivity index (χ1n) is 8.26. The van der Waals surface area contributed by atoms with Crippen molar-refractivity contribution in [2.45, 2.75) is 26.9 Å². The predicted molar refractivity (Wildman–Crippen MR) is 93.0 cm³/mol. The molecule has 1 aromatic heterocycles. The summed E-state index contributed by atoms with van der Waals surface area (Å²) in [7, 11) is 1.50. The van der Waals surface area contributed by atoms with Crippen LogP contribution in [0.2, 0.25) is 0 Å². The van der Waals surface area contributed by atoms with Gasteiger partial charge in [0.2, 0.25) is 0 Å². The Morgan fingerprint density at radius 2 is 1.85 bits per heavy atom. The minimum absolute atomic E-state index is 0.108. The maximum Gasteiger partial charge on any atom is 0.421 e. The van der Waals surface area contributed by atoms with Crippen LogP contribution in [0, 0.1) is 5.92 Å². The first-order valence-corrected chi connectivity index (χ1v) is 8.26. The first kappa shape index (κ1) is 19.8. The van der Waals surface area contributed by atoms with Crippen LogP contribution in [-0.2, 0) is 6.18 Å². The topological polar surface area (TPSA) is 47.5 Å². The van der Waals surface area contributed by atoms with Gasteiger partial charge in [-0.25, -0.2) is 4.98 Å². The molecule has 5 nitrogen and oxygen atoms in total. The molecule has 1 aromatic carbocycles. The predicted octanol–water partition coefficient (Wildman–Crippen LogP) is 4.70. The van der Waals surface area contributed by atoms with Crippen molar-refractivity contribution in [3.63, 3.8) is 0 Å². The van der Waals surface area contributed by atoms with E-state index in [0.717, 1.165) is 6.20 Å². The van der Waals surface area contributed by atoms with Gasteiger partial charge in [0.05, 0.1) is 18.9 Å². The summed E-state index contributed by atoms with van der Waals surface area (Å²) < 4.78 is 51.2. The van der Waals surface area contributed by atoms with Crippen LogP contribution >= 0.6 is 0 Å². The number of rotatable bonds is 7. The highest BCUT2D eigenvalue weighted by Gasteiger charge is 2.37. The molecule has 0 bridgehead atoms. The van der Waals surface area contributed by atoms with Gasteiger partial charge in [-0.15, -0.1) is 0 Å². The van der Waals surface area contributed by atoms with Gasteiger partial charge in [0.1, 0.15) is 11.3 Å². The molecule has 0 N–H and O–H groups in total. The summed E-state index contributed by atoms with van der Waals surface area (Å²) in [6.07, 6.45) is -3.86. The number of benzene rings is 1. The van der Waals surface area contributed by atoms with E-state index >= 15 is 0 Å². The van der Waals surface area contributed by atoms with Gasteiger partial charge in [0, 0.05) is 13.2 Å². The summed E-state index contributed by atoms with van der Waals surface area (Å²) in [6.45, 7) is 6.40. The normalized spacial score (nSPS) is 11.5. The van der Waals surface area contributed by atoms with E-state index in [9.17, 15) is 13.2 Å². The fourth-order valence-corrected chi connectivity index (χ4v) is 2.24. The Hall–Kier alpha value is -2.51. The molecular weight excluding hydrogens is 347 g/mol. The van der Waals surface area contributed by atoms with Crippen LogP contribution in [0.25, 0.3) is 0 Å². The van der Waals surface area contributed by atoms with Crippen molar-refractivity contribution < 1.29 is 22.6 Å². The van der Waals surface area contributed by atoms with Crippen molar-refractivity contribution in [1.82, 2.24) is 9.97 Å². The third-order valence-corrected chi connectivity index (χ3v) is 3.44. The molecular formula is C18H22F3N3O2. The zero-order valence-electron chi connectivity index (χ0n) is 15.2. The van der Waals surface area contributed by atoms with E-state index in [1.165, 1.54) is 11.9 Å². The summed E-state index contributed by atoms with van der Waals surface area (Å²) in [4.78, 5) is 8.94. The van der Waals surface area contributed by atoms with Crippen molar-refractivity contribution in [2.75, 3.05) is 25.2 Å². The lowest BCUT2D eigenvalue weighted by Gasteiger charge is -2.24. The lowest BCUT2D eigenvalue weighted by atomic mass is 10.2. The second-order valence-electron chi connectivity index (χ2n) is 6.05. The minimum atomic E-state index is -4.60. The Morgan fingerprint density at radius 1 is 1.15 bits per heavy atom. The summed E-state index contributed by atoms with van der Waals surface area (Å²) in [6, 6.07) is 6.78. The van der Waals surface area contributed by atoms with E-state index in [4.69, 9.17) is 9.47 Å². The molecule has 142 valence electrons. The Morgan fingerprint density at radius 3 is 2.46 bits per heavy atom. The number of aromatic nitrogens is 2. The molecule has 2 aromatic rings. The SMILES string of the molecule is CCOc1ncc(C(F)(F)F)c(N(C)c2ccccc2OCC(C)C)n1. The van der Waals surface area contributed by atoms with Crippen LogP contribution in [0.4, 0.5) is 24.7 Å². The smallest absolute Gasteiger partial charge is 0.421 e. The Balaban J connectivity index is 2.48. The molecule has 0 unspecified atom stereocenters. The average molecular weight is 369 g/mol. The summed E-state index contributed by atoms with van der Waals surface area (Å²) in [5, 5.41) is 0. The third kappa shape index (κ3) is 4.77. The summed E-state index contributed by atoms with van der Waals surface area (Å²) in [5.41, 5.74) is -0.470. The van der Waals surface area contributed by atoms with E-state index in [2.05, 4.69) is 9.97 Å². The van der Waals surface area contributed by atoms with Crippen LogP contribution in [0.3, 0.4) is 0 Å². The Bertz CT molecular complexity index is 736. The molecule has 0 aliphatic carbocycles. The zero-order chi connectivity index (χ0) is 19.3. The van der Waals surface area contributed by atoms with E-state index in [-0.39, 0.29) is 24.4 Å². The number of hydrogen-bond acceptors (Lipinski definition) is 5. The molecule has 1 heterocycles. The fourth-order valence-electron chi connectivity index (χ4n) is 2.24. The summed E-state index contributed by atoms with van der Waals surface area (Å²) in [5.74, 6) is 0.465. The molecule has 0 saturated heterocycles. The monoisotopic (exact) mass is 369 g/mol. The largest absolute Gasteiger partial charge is 0.491 e. The number of para-hydroxylation sites is 2. The van der Waals surface area contributed by atoms with Gasteiger partial charge in [-0.2, -0.15) is 18.2 Å². The number of halogens is 3. The molecule has 0 aliphatic rings. The molecule has 0 spiro atoms. The lowest BCUT2D eigenvalue weighted by molar-refractivity contribution is -0.137. The molecule has 26 heavy (non-hydrogen) atoms. The number of nitrogens with zero attached hydrogens (tertiary/aromatic N) is 3. The van der Waals surface area contributed by atoms with Crippen LogP contribution in [0.15, 0.2) is 30.5 Å². The summed E-state index contributed by atoms with van der Waals surface area (Å²) >= 11 is 0. The number of alkyl halides is 3. The van der Waals surface area contributed by atoms with Crippen molar-refractivity contribution in [2.24, 2.45) is 5.92 Å². The van der Waals surface area contributed by atoms with Crippen LogP contribution in [-0.4, -0.2) is 30.2 Å². The second-order valence-corrected chi connectivity index (χ2v) is 6.05. The highest BCUT2D eigenvalue weighted by atomic mass is 19.4. The lowest BCUT2D eigenvalue weighted by Crippen LogP contribution is -2.20. The van der Waals surface area contributed by atoms with Crippen LogP contribution in [0.1, 0.15) is 26.3 Å². The van der Waals surface area contributed by atoms with E-state index in [1.54, 1.807) is 31.2 Å². The van der Waals surface area contributed by atoms with Gasteiger partial charge < -0.3 is 14.4 Å². The van der Waals surface area contributed by atoms with Crippen molar-refractivity contribution in [3.8, 4) is 11.8 Å². The Kier molecular flexibility index (Phi) is 6.28. The highest BCUT2D eigenvalue weighted by Crippen LogP contribution is 2.40. The fraction of sp³-hybridized carbons (Fsp3) is 0.444. The van der Waals surface area contributed by atoms with Crippen LogP contribution in [0.5, 0.6) is 11.8 Å². The maximum absolute atomic E-state index is 13.4. The number of hydrogen-bond donors (Lipinski definition) is 0. The van der Waals surface area contributed by atoms with Gasteiger partial charge in [-0.3, -0.25) is 0 Å². The van der Waals surface area contributed by atoms with Crippen molar-refractivity contribution in [1.29, 1.82) is 0 Å². The van der Waals surface area contributed by atoms with E-state index in [0.29, 0.717) is 18.0 Å². The van der Waals surface area contributed by atoms with Gasteiger partial charge >= 0.3 is 12.2 Å². The molecule has 0 amide bonds. The molecule has 0 atom stereocenters. The van der Waals surface area contributed by atoms with Crippen molar-refractivity contribution >= 4 is 11.5 Å². The Labute approximate surface area is 150 Å². The van der Waals surface area contributed by atoms with Gasteiger partial charge in [-0.1, -0.05) is 26.0 Å². The standard InChI is InChI=1S/C18H22F3N3O2/c1-5-25-17-22-10-13(18(19,20)21)16(23-17)24(4)14-8-6-7-9-15(14)26-11-12(2)3/h6-10,12H,5,11H2,1-4H3. The second kappa shape index (κ2) is 8.25. The first-order chi connectivity index (χ1) is 12.2. The molecule has 8 heteroatoms. The van der Waals surface area contributed by atoms with Crippen molar-refractivity contribution in [3.05, 3.63) is 36.0 Å². The minimum Gasteiger partial charge on any atom is -0.491 e. The maximum atomic E-state index is 13.4. The van der Waals surface area contributed by atoms with Gasteiger partial charge in [0.15, 0.2) is 5.82 Å². The number of ether oxygens (including phenoxy) is 2. The molecule has 2 rings (SSSR count). The van der Waals surface area contributed by atoms with Crippen LogP contribution < -0.4 is 14.4 Å². The molecule has 0 radical (unpaired) electrons. The highest BCUT2D eigenvalue weighted by molar-refractivity contribution is 5.68. The quantitative estimate of drug-likeness (QED) is 0.708. The van der Waals surface area contributed by atoms with Gasteiger partial charge in [-0.05, 0) is 25.0 Å². The number of anilines is 2. The molecule has 0 saturated carbocycles. The molecule has 0 aliphatic heterocycles. The third-order valence-electron chi connectivity index (χ3n) is 3.44. The van der Waals surface area contributed by atoms with E-state index in [1.807, 2.05) is 13.8 Å². The van der Waals surface area contributed by atoms with E-state index < -0.39 is 11.7 Å². The zero-order valence-corrected chi connectivity index (χ0v) is 15.2. The molecule has 0 fully saturated rings. The van der Waals surface area contributed by atoms with Gasteiger partial charge in [0.25, 0.3) is 0 Å². The average Bonchev–Trinajstić information content (AvgIpc) is 2.59.